The van der Waals surface area contributed by atoms with E-state index in [2.05, 4.69) is 10.4 Å². The third-order valence-corrected chi connectivity index (χ3v) is 3.14. The molecule has 6 heteroatoms. The first-order valence-corrected chi connectivity index (χ1v) is 7.28. The molecule has 1 aromatic heterocycles. The molecule has 1 amide bonds. The molecule has 1 aromatic carbocycles. The van der Waals surface area contributed by atoms with Crippen molar-refractivity contribution in [2.45, 2.75) is 19.8 Å². The van der Waals surface area contributed by atoms with Crippen LogP contribution in [0.15, 0.2) is 30.5 Å². The maximum atomic E-state index is 13.4. The van der Waals surface area contributed by atoms with Crippen LogP contribution in [0.1, 0.15) is 19.0 Å². The standard InChI is InChI=1S/C16H21FN4O/c1-4-6-15-14(19-16(22)11-20(2)3)10-18-21(15)13-8-5-7-12(17)9-13/h5,7-10H,4,6,11H2,1-3H3,(H,19,22). The monoisotopic (exact) mass is 304 g/mol. The van der Waals surface area contributed by atoms with Crippen molar-refractivity contribution in [1.82, 2.24) is 14.7 Å². The topological polar surface area (TPSA) is 50.2 Å². The number of likely N-dealkylation sites (N-methyl/N-ethyl adjacent to an activating group) is 1. The first-order chi connectivity index (χ1) is 10.5. The molecule has 0 aliphatic heterocycles. The normalized spacial score (nSPS) is 11.0. The lowest BCUT2D eigenvalue weighted by atomic mass is 10.2. The number of aromatic nitrogens is 2. The Hall–Kier alpha value is -2.21. The van der Waals surface area contributed by atoms with E-state index in [1.54, 1.807) is 27.9 Å². The maximum Gasteiger partial charge on any atom is 0.238 e. The molecule has 0 saturated carbocycles. The highest BCUT2D eigenvalue weighted by Gasteiger charge is 2.14. The van der Waals surface area contributed by atoms with E-state index in [-0.39, 0.29) is 11.7 Å². The van der Waals surface area contributed by atoms with Crippen LogP contribution in [-0.4, -0.2) is 41.2 Å². The summed E-state index contributed by atoms with van der Waals surface area (Å²) in [5, 5.41) is 7.17. The fourth-order valence-electron chi connectivity index (χ4n) is 2.26. The van der Waals surface area contributed by atoms with Gasteiger partial charge in [0.25, 0.3) is 0 Å². The molecule has 0 bridgehead atoms. The molecule has 1 heterocycles. The number of hydrogen-bond donors (Lipinski definition) is 1. The summed E-state index contributed by atoms with van der Waals surface area (Å²) >= 11 is 0. The molecule has 0 saturated heterocycles. The van der Waals surface area contributed by atoms with Crippen LogP contribution in [0.2, 0.25) is 0 Å². The highest BCUT2D eigenvalue weighted by atomic mass is 19.1. The highest BCUT2D eigenvalue weighted by Crippen LogP contribution is 2.21. The van der Waals surface area contributed by atoms with Crippen molar-refractivity contribution in [2.24, 2.45) is 0 Å². The number of carbonyl (C=O) groups excluding carboxylic acids is 1. The summed E-state index contributed by atoms with van der Waals surface area (Å²) in [5.74, 6) is -0.408. The number of amides is 1. The molecular weight excluding hydrogens is 283 g/mol. The molecule has 0 spiro atoms. The lowest BCUT2D eigenvalue weighted by Gasteiger charge is -2.12. The van der Waals surface area contributed by atoms with Crippen molar-refractivity contribution in [3.63, 3.8) is 0 Å². The zero-order valence-electron chi connectivity index (χ0n) is 13.1. The summed E-state index contributed by atoms with van der Waals surface area (Å²) in [7, 11) is 3.67. The van der Waals surface area contributed by atoms with Gasteiger partial charge in [0, 0.05) is 0 Å². The van der Waals surface area contributed by atoms with E-state index in [1.807, 2.05) is 21.0 Å². The first-order valence-electron chi connectivity index (χ1n) is 7.28. The lowest BCUT2D eigenvalue weighted by Crippen LogP contribution is -2.27. The van der Waals surface area contributed by atoms with Gasteiger partial charge in [0.2, 0.25) is 5.91 Å². The number of anilines is 1. The Balaban J connectivity index is 2.31. The predicted octanol–water partition coefficient (Wildman–Crippen LogP) is 2.46. The van der Waals surface area contributed by atoms with Crippen molar-refractivity contribution in [3.8, 4) is 5.69 Å². The van der Waals surface area contributed by atoms with Gasteiger partial charge in [-0.05, 0) is 38.7 Å². The van der Waals surface area contributed by atoms with E-state index >= 15 is 0 Å². The van der Waals surface area contributed by atoms with Crippen LogP contribution in [0.5, 0.6) is 0 Å². The number of nitrogens with zero attached hydrogens (tertiary/aromatic N) is 3. The van der Waals surface area contributed by atoms with E-state index in [0.29, 0.717) is 17.9 Å². The molecule has 0 radical (unpaired) electrons. The van der Waals surface area contributed by atoms with Gasteiger partial charge in [0.1, 0.15) is 5.82 Å². The van der Waals surface area contributed by atoms with Gasteiger partial charge in [-0.2, -0.15) is 5.10 Å². The molecule has 0 aliphatic rings. The SMILES string of the molecule is CCCc1c(NC(=O)CN(C)C)cnn1-c1cccc(F)c1. The number of halogens is 1. The number of nitrogens with one attached hydrogen (secondary N) is 1. The van der Waals surface area contributed by atoms with Crippen molar-refractivity contribution in [3.05, 3.63) is 42.0 Å². The Kier molecular flexibility index (Phi) is 5.27. The largest absolute Gasteiger partial charge is 0.322 e. The van der Waals surface area contributed by atoms with E-state index < -0.39 is 0 Å². The summed E-state index contributed by atoms with van der Waals surface area (Å²) in [6, 6.07) is 6.26. The third kappa shape index (κ3) is 3.92. The third-order valence-electron chi connectivity index (χ3n) is 3.14. The molecular formula is C16H21FN4O. The van der Waals surface area contributed by atoms with Crippen molar-refractivity contribution in [2.75, 3.05) is 26.0 Å². The van der Waals surface area contributed by atoms with Gasteiger partial charge in [-0.15, -0.1) is 0 Å². The van der Waals surface area contributed by atoms with Crippen LogP contribution in [0.3, 0.4) is 0 Å². The molecule has 0 aliphatic carbocycles. The summed E-state index contributed by atoms with van der Waals surface area (Å²) in [6.07, 6.45) is 3.26. The summed E-state index contributed by atoms with van der Waals surface area (Å²) in [6.45, 7) is 2.35. The Morgan fingerprint density at radius 3 is 2.82 bits per heavy atom. The average Bonchev–Trinajstić information content (AvgIpc) is 2.81. The molecule has 0 unspecified atom stereocenters. The van der Waals surface area contributed by atoms with Crippen molar-refractivity contribution < 1.29 is 9.18 Å². The second-order valence-electron chi connectivity index (χ2n) is 5.43. The molecule has 5 nitrogen and oxygen atoms in total. The fraction of sp³-hybridized carbons (Fsp3) is 0.375. The van der Waals surface area contributed by atoms with Gasteiger partial charge in [0.05, 0.1) is 29.8 Å². The lowest BCUT2D eigenvalue weighted by molar-refractivity contribution is -0.116. The maximum absolute atomic E-state index is 13.4. The molecule has 0 fully saturated rings. The van der Waals surface area contributed by atoms with Gasteiger partial charge in [-0.1, -0.05) is 19.4 Å². The van der Waals surface area contributed by atoms with E-state index in [9.17, 15) is 9.18 Å². The fourth-order valence-corrected chi connectivity index (χ4v) is 2.26. The number of carbonyl (C=O) groups is 1. The number of benzene rings is 1. The Morgan fingerprint density at radius 1 is 1.41 bits per heavy atom. The average molecular weight is 304 g/mol. The van der Waals surface area contributed by atoms with Crippen molar-refractivity contribution in [1.29, 1.82) is 0 Å². The van der Waals surface area contributed by atoms with Gasteiger partial charge in [0.15, 0.2) is 0 Å². The molecule has 22 heavy (non-hydrogen) atoms. The predicted molar refractivity (Wildman–Crippen MR) is 84.7 cm³/mol. The Morgan fingerprint density at radius 2 is 2.18 bits per heavy atom. The summed E-state index contributed by atoms with van der Waals surface area (Å²) in [4.78, 5) is 13.7. The van der Waals surface area contributed by atoms with Gasteiger partial charge >= 0.3 is 0 Å². The van der Waals surface area contributed by atoms with E-state index in [0.717, 1.165) is 18.5 Å². The van der Waals surface area contributed by atoms with Crippen LogP contribution in [0, 0.1) is 5.82 Å². The summed E-state index contributed by atoms with van der Waals surface area (Å²) < 4.78 is 15.1. The van der Waals surface area contributed by atoms with Crippen molar-refractivity contribution >= 4 is 11.6 Å². The summed E-state index contributed by atoms with van der Waals surface area (Å²) in [5.41, 5.74) is 2.20. The second-order valence-corrected chi connectivity index (χ2v) is 5.43. The zero-order chi connectivity index (χ0) is 16.1. The van der Waals surface area contributed by atoms with Crippen LogP contribution < -0.4 is 5.32 Å². The Labute approximate surface area is 129 Å². The van der Waals surface area contributed by atoms with Gasteiger partial charge in [-0.3, -0.25) is 4.79 Å². The smallest absolute Gasteiger partial charge is 0.238 e. The minimum Gasteiger partial charge on any atom is -0.322 e. The van der Waals surface area contributed by atoms with E-state index in [1.165, 1.54) is 12.1 Å². The van der Waals surface area contributed by atoms with Crippen LogP contribution in [0.25, 0.3) is 5.69 Å². The van der Waals surface area contributed by atoms with Crippen LogP contribution >= 0.6 is 0 Å². The van der Waals surface area contributed by atoms with Crippen LogP contribution in [0.4, 0.5) is 10.1 Å². The minimum absolute atomic E-state index is 0.0962. The van der Waals surface area contributed by atoms with Gasteiger partial charge in [-0.25, -0.2) is 9.07 Å². The molecule has 118 valence electrons. The quantitative estimate of drug-likeness (QED) is 0.892. The van der Waals surface area contributed by atoms with E-state index in [4.69, 9.17) is 0 Å². The molecule has 0 atom stereocenters. The zero-order valence-corrected chi connectivity index (χ0v) is 13.1. The van der Waals surface area contributed by atoms with Gasteiger partial charge < -0.3 is 10.2 Å². The highest BCUT2D eigenvalue weighted by molar-refractivity contribution is 5.92. The first kappa shape index (κ1) is 16.2. The molecule has 2 aromatic rings. The number of hydrogen-bond acceptors (Lipinski definition) is 3. The molecule has 1 N–H and O–H groups in total. The number of rotatable bonds is 6. The Bertz CT molecular complexity index is 651. The minimum atomic E-state index is -0.311. The molecule has 2 rings (SSSR count). The van der Waals surface area contributed by atoms with Crippen LogP contribution in [-0.2, 0) is 11.2 Å². The second kappa shape index (κ2) is 7.17.